The summed E-state index contributed by atoms with van der Waals surface area (Å²) in [5, 5.41) is 22.7. The molecule has 8 heteroatoms. The quantitative estimate of drug-likeness (QED) is 0.545. The van der Waals surface area contributed by atoms with Gasteiger partial charge in [-0.2, -0.15) is 5.10 Å². The fraction of sp³-hybridized carbons (Fsp3) is 0.300. The van der Waals surface area contributed by atoms with Gasteiger partial charge in [0.15, 0.2) is 0 Å². The van der Waals surface area contributed by atoms with Crippen LogP contribution in [-0.4, -0.2) is 27.3 Å². The first-order valence-corrected chi connectivity index (χ1v) is 10.1. The second-order valence-electron chi connectivity index (χ2n) is 7.68. The monoisotopic (exact) mass is 463 g/mol. The fourth-order valence-corrected chi connectivity index (χ4v) is 5.17. The SMILES string of the molecule is O=C(N[C@H]1[C@@H]2C[C@](O)(c3cc(Cl)cc4[nH]ncc34)C[C@@H]21)c1ccc(F)c(Br)c1. The molecule has 1 heterocycles. The van der Waals surface area contributed by atoms with Gasteiger partial charge in [-0.25, -0.2) is 4.39 Å². The number of amides is 1. The van der Waals surface area contributed by atoms with Gasteiger partial charge >= 0.3 is 0 Å². The molecular formula is C20H16BrClFN3O2. The van der Waals surface area contributed by atoms with Crippen molar-refractivity contribution in [3.8, 4) is 0 Å². The Kier molecular flexibility index (Phi) is 4.05. The summed E-state index contributed by atoms with van der Waals surface area (Å²) in [4.78, 5) is 12.5. The van der Waals surface area contributed by atoms with Crippen molar-refractivity contribution in [2.75, 3.05) is 0 Å². The molecule has 5 nitrogen and oxygen atoms in total. The van der Waals surface area contributed by atoms with Gasteiger partial charge in [0.2, 0.25) is 0 Å². The number of fused-ring (bicyclic) bond motifs is 2. The molecule has 0 spiro atoms. The number of hydrogen-bond donors (Lipinski definition) is 3. The minimum atomic E-state index is -0.984. The summed E-state index contributed by atoms with van der Waals surface area (Å²) in [6.07, 6.45) is 2.81. The van der Waals surface area contributed by atoms with Gasteiger partial charge in [0, 0.05) is 22.0 Å². The maximum absolute atomic E-state index is 13.4. The molecule has 144 valence electrons. The number of benzene rings is 2. The predicted octanol–water partition coefficient (Wildman–Crippen LogP) is 4.14. The Labute approximate surface area is 173 Å². The number of aromatic nitrogens is 2. The molecule has 1 amide bonds. The first kappa shape index (κ1) is 18.1. The topological polar surface area (TPSA) is 78.0 Å². The van der Waals surface area contributed by atoms with Crippen LogP contribution in [0.25, 0.3) is 10.9 Å². The number of hydrogen-bond acceptors (Lipinski definition) is 3. The van der Waals surface area contributed by atoms with Gasteiger partial charge in [0.1, 0.15) is 5.82 Å². The molecular weight excluding hydrogens is 449 g/mol. The summed E-state index contributed by atoms with van der Waals surface area (Å²) < 4.78 is 13.6. The second kappa shape index (κ2) is 6.27. The first-order valence-electron chi connectivity index (χ1n) is 8.97. The maximum Gasteiger partial charge on any atom is 0.251 e. The summed E-state index contributed by atoms with van der Waals surface area (Å²) in [5.74, 6) is -0.224. The molecule has 0 radical (unpaired) electrons. The van der Waals surface area contributed by atoms with Crippen LogP contribution in [0.3, 0.4) is 0 Å². The van der Waals surface area contributed by atoms with Crippen molar-refractivity contribution in [3.63, 3.8) is 0 Å². The number of halogens is 3. The van der Waals surface area contributed by atoms with E-state index in [0.717, 1.165) is 16.5 Å². The summed E-state index contributed by atoms with van der Waals surface area (Å²) in [7, 11) is 0. The number of aliphatic hydroxyl groups is 1. The van der Waals surface area contributed by atoms with Crippen molar-refractivity contribution in [2.45, 2.75) is 24.5 Å². The normalized spacial score (nSPS) is 28.4. The zero-order valence-corrected chi connectivity index (χ0v) is 16.9. The van der Waals surface area contributed by atoms with Crippen LogP contribution in [-0.2, 0) is 5.60 Å². The molecule has 2 fully saturated rings. The minimum absolute atomic E-state index is 0.0237. The molecule has 5 rings (SSSR count). The number of carbonyl (C=O) groups is 1. The molecule has 4 atom stereocenters. The average Bonchev–Trinajstić information content (AvgIpc) is 3.03. The highest BCUT2D eigenvalue weighted by Crippen LogP contribution is 2.60. The Morgan fingerprint density at radius 2 is 2.07 bits per heavy atom. The molecule has 2 aliphatic rings. The van der Waals surface area contributed by atoms with Gasteiger partial charge in [-0.15, -0.1) is 0 Å². The molecule has 3 aromatic rings. The third-order valence-corrected chi connectivity index (χ3v) is 6.81. The van der Waals surface area contributed by atoms with E-state index in [2.05, 4.69) is 31.4 Å². The number of nitrogens with one attached hydrogen (secondary N) is 2. The van der Waals surface area contributed by atoms with E-state index in [1.807, 2.05) is 0 Å². The smallest absolute Gasteiger partial charge is 0.251 e. The molecule has 1 aromatic heterocycles. The molecule has 0 bridgehead atoms. The average molecular weight is 465 g/mol. The number of rotatable bonds is 3. The molecule has 0 saturated heterocycles. The van der Waals surface area contributed by atoms with Crippen molar-refractivity contribution in [1.82, 2.24) is 15.5 Å². The van der Waals surface area contributed by atoms with E-state index >= 15 is 0 Å². The Morgan fingerprint density at radius 3 is 2.79 bits per heavy atom. The van der Waals surface area contributed by atoms with Crippen LogP contribution < -0.4 is 5.32 Å². The molecule has 0 aliphatic heterocycles. The van der Waals surface area contributed by atoms with Crippen molar-refractivity contribution < 1.29 is 14.3 Å². The van der Waals surface area contributed by atoms with Crippen LogP contribution in [0.4, 0.5) is 4.39 Å². The molecule has 2 aromatic carbocycles. The van der Waals surface area contributed by atoms with E-state index < -0.39 is 11.4 Å². The van der Waals surface area contributed by atoms with E-state index in [9.17, 15) is 14.3 Å². The lowest BCUT2D eigenvalue weighted by Crippen LogP contribution is -2.33. The molecule has 28 heavy (non-hydrogen) atoms. The van der Waals surface area contributed by atoms with Gasteiger partial charge in [0.25, 0.3) is 5.91 Å². The Morgan fingerprint density at radius 1 is 1.32 bits per heavy atom. The summed E-state index contributed by atoms with van der Waals surface area (Å²) >= 11 is 9.31. The number of H-pyrrole nitrogens is 1. The third kappa shape index (κ3) is 2.84. The number of aromatic amines is 1. The van der Waals surface area contributed by atoms with Crippen molar-refractivity contribution in [1.29, 1.82) is 0 Å². The predicted molar refractivity (Wildman–Crippen MR) is 107 cm³/mol. The van der Waals surface area contributed by atoms with Gasteiger partial charge < -0.3 is 10.4 Å². The van der Waals surface area contributed by atoms with Gasteiger partial charge in [0.05, 0.1) is 21.8 Å². The van der Waals surface area contributed by atoms with Crippen molar-refractivity contribution >= 4 is 44.3 Å². The minimum Gasteiger partial charge on any atom is -0.385 e. The Bertz CT molecular complexity index is 1110. The zero-order chi connectivity index (χ0) is 19.6. The molecule has 2 aliphatic carbocycles. The van der Waals surface area contributed by atoms with Gasteiger partial charge in [-0.05, 0) is 76.5 Å². The van der Waals surface area contributed by atoms with E-state index in [0.29, 0.717) is 23.4 Å². The lowest BCUT2D eigenvalue weighted by molar-refractivity contribution is 0.0293. The molecule has 0 unspecified atom stereocenters. The van der Waals surface area contributed by atoms with Gasteiger partial charge in [-0.1, -0.05) is 11.6 Å². The number of carbonyl (C=O) groups excluding carboxylic acids is 1. The van der Waals surface area contributed by atoms with Crippen molar-refractivity contribution in [2.24, 2.45) is 11.8 Å². The van der Waals surface area contributed by atoms with Crippen LogP contribution in [0.5, 0.6) is 0 Å². The summed E-state index contributed by atoms with van der Waals surface area (Å²) in [6.45, 7) is 0. The summed E-state index contributed by atoms with van der Waals surface area (Å²) in [6, 6.07) is 7.81. The second-order valence-corrected chi connectivity index (χ2v) is 8.97. The first-order chi connectivity index (χ1) is 13.4. The lowest BCUT2D eigenvalue weighted by atomic mass is 9.86. The van der Waals surface area contributed by atoms with E-state index in [-0.39, 0.29) is 28.3 Å². The van der Waals surface area contributed by atoms with E-state index in [1.54, 1.807) is 18.3 Å². The molecule has 2 saturated carbocycles. The highest BCUT2D eigenvalue weighted by Gasteiger charge is 2.62. The number of nitrogens with zero attached hydrogens (tertiary/aromatic N) is 1. The zero-order valence-electron chi connectivity index (χ0n) is 14.5. The van der Waals surface area contributed by atoms with Crippen LogP contribution in [0, 0.1) is 17.7 Å². The lowest BCUT2D eigenvalue weighted by Gasteiger charge is -2.27. The summed E-state index contributed by atoms with van der Waals surface area (Å²) in [5.41, 5.74) is 0.998. The highest BCUT2D eigenvalue weighted by molar-refractivity contribution is 9.10. The molecule has 3 N–H and O–H groups in total. The van der Waals surface area contributed by atoms with Crippen molar-refractivity contribution in [3.05, 3.63) is 63.0 Å². The van der Waals surface area contributed by atoms with Crippen LogP contribution in [0.2, 0.25) is 5.02 Å². The largest absolute Gasteiger partial charge is 0.385 e. The highest BCUT2D eigenvalue weighted by atomic mass is 79.9. The van der Waals surface area contributed by atoms with E-state index in [1.165, 1.54) is 18.2 Å². The Balaban J connectivity index is 1.32. The fourth-order valence-electron chi connectivity index (χ4n) is 4.57. The van der Waals surface area contributed by atoms with Crippen LogP contribution >= 0.6 is 27.5 Å². The van der Waals surface area contributed by atoms with Gasteiger partial charge in [-0.3, -0.25) is 9.89 Å². The standard InChI is InChI=1S/C20H16BrClFN3O2/c21-15-3-9(1-2-16(15)23)19(27)25-18-11-6-20(28,7-12(11)18)14-4-10(22)5-17-13(14)8-24-26-17/h1-5,8,11-12,18,28H,6-7H2,(H,24,26)(H,25,27)/t11-,12+,18+,20-. The maximum atomic E-state index is 13.4. The van der Waals surface area contributed by atoms with E-state index in [4.69, 9.17) is 11.6 Å². The van der Waals surface area contributed by atoms with Crippen LogP contribution in [0.15, 0.2) is 41.0 Å². The van der Waals surface area contributed by atoms with Crippen LogP contribution in [0.1, 0.15) is 28.8 Å². The Hall–Kier alpha value is -1.96. The third-order valence-electron chi connectivity index (χ3n) is 5.98.